The Bertz CT molecular complexity index is 1270. The first-order chi connectivity index (χ1) is 16.0. The summed E-state index contributed by atoms with van der Waals surface area (Å²) in [6, 6.07) is 22.3. The SMILES string of the molecule is CC[C@@H](Cc1ccccc1)NCc1c(C(=O)O)n(Cc2ccc(F)cc2Cl)c2ccccc12. The van der Waals surface area contributed by atoms with E-state index in [1.165, 1.54) is 17.7 Å². The number of aromatic nitrogens is 1. The van der Waals surface area contributed by atoms with E-state index < -0.39 is 11.8 Å². The van der Waals surface area contributed by atoms with Gasteiger partial charge in [0.15, 0.2) is 0 Å². The minimum atomic E-state index is -1.00. The molecule has 0 aliphatic heterocycles. The predicted molar refractivity (Wildman–Crippen MR) is 130 cm³/mol. The molecule has 0 bridgehead atoms. The van der Waals surface area contributed by atoms with Crippen molar-refractivity contribution >= 4 is 28.5 Å². The van der Waals surface area contributed by atoms with Crippen LogP contribution in [0.1, 0.15) is 40.5 Å². The normalized spacial score (nSPS) is 12.2. The van der Waals surface area contributed by atoms with Gasteiger partial charge < -0.3 is 15.0 Å². The van der Waals surface area contributed by atoms with Crippen molar-refractivity contribution in [3.8, 4) is 0 Å². The summed E-state index contributed by atoms with van der Waals surface area (Å²) in [5.41, 5.74) is 3.67. The van der Waals surface area contributed by atoms with Crippen LogP contribution in [0.3, 0.4) is 0 Å². The van der Waals surface area contributed by atoms with Crippen LogP contribution in [-0.2, 0) is 19.5 Å². The first kappa shape index (κ1) is 23.0. The number of aromatic carboxylic acids is 1. The zero-order chi connectivity index (χ0) is 23.4. The lowest BCUT2D eigenvalue weighted by molar-refractivity contribution is 0.0684. The Balaban J connectivity index is 1.69. The molecular formula is C27H26ClFN2O2. The summed E-state index contributed by atoms with van der Waals surface area (Å²) in [5.74, 6) is -1.43. The predicted octanol–water partition coefficient (Wildman–Crippen LogP) is 6.29. The van der Waals surface area contributed by atoms with E-state index in [1.54, 1.807) is 10.6 Å². The monoisotopic (exact) mass is 464 g/mol. The zero-order valence-corrected chi connectivity index (χ0v) is 19.1. The minimum Gasteiger partial charge on any atom is -0.477 e. The fourth-order valence-corrected chi connectivity index (χ4v) is 4.52. The summed E-state index contributed by atoms with van der Waals surface area (Å²) in [7, 11) is 0. The third kappa shape index (κ3) is 5.10. The van der Waals surface area contributed by atoms with E-state index in [0.29, 0.717) is 12.1 Å². The second kappa shape index (κ2) is 10.2. The van der Waals surface area contributed by atoms with Gasteiger partial charge in [-0.1, -0.05) is 73.1 Å². The zero-order valence-electron chi connectivity index (χ0n) is 18.4. The van der Waals surface area contributed by atoms with Crippen molar-refractivity contribution in [3.05, 3.63) is 106 Å². The lowest BCUT2D eigenvalue weighted by Gasteiger charge is -2.17. The van der Waals surface area contributed by atoms with Crippen LogP contribution in [0, 0.1) is 5.82 Å². The van der Waals surface area contributed by atoms with Gasteiger partial charge in [0.25, 0.3) is 0 Å². The number of carbonyl (C=O) groups is 1. The molecule has 4 rings (SSSR count). The summed E-state index contributed by atoms with van der Waals surface area (Å²) < 4.78 is 15.3. The first-order valence-corrected chi connectivity index (χ1v) is 11.4. The third-order valence-corrected chi connectivity index (χ3v) is 6.36. The Morgan fingerprint density at radius 1 is 1.09 bits per heavy atom. The second-order valence-electron chi connectivity index (χ2n) is 8.15. The number of rotatable bonds is 9. The standard InChI is InChI=1S/C27H26ClFN2O2/c1-2-21(14-18-8-4-3-5-9-18)30-16-23-22-10-6-7-11-25(22)31(26(23)27(32)33)17-19-12-13-20(29)15-24(19)28/h3-13,15,21,30H,2,14,16-17H2,1H3,(H,32,33)/t21-/m0/s1. The fraction of sp³-hybridized carbons (Fsp3) is 0.222. The van der Waals surface area contributed by atoms with Crippen molar-refractivity contribution in [1.82, 2.24) is 9.88 Å². The van der Waals surface area contributed by atoms with Gasteiger partial charge in [0.1, 0.15) is 11.5 Å². The molecule has 6 heteroatoms. The highest BCUT2D eigenvalue weighted by Crippen LogP contribution is 2.29. The van der Waals surface area contributed by atoms with Gasteiger partial charge in [0.05, 0.1) is 0 Å². The molecule has 0 amide bonds. The first-order valence-electron chi connectivity index (χ1n) is 11.0. The van der Waals surface area contributed by atoms with Crippen LogP contribution in [0.25, 0.3) is 10.9 Å². The maximum absolute atomic E-state index is 13.5. The molecule has 0 saturated carbocycles. The third-order valence-electron chi connectivity index (χ3n) is 6.01. The molecule has 170 valence electrons. The maximum Gasteiger partial charge on any atom is 0.352 e. The Labute approximate surface area is 197 Å². The molecule has 4 nitrogen and oxygen atoms in total. The number of nitrogens with one attached hydrogen (secondary N) is 1. The number of fused-ring (bicyclic) bond motifs is 1. The summed E-state index contributed by atoms with van der Waals surface area (Å²) in [6.07, 6.45) is 1.78. The Hall–Kier alpha value is -3.15. The lowest BCUT2D eigenvalue weighted by Crippen LogP contribution is -2.30. The van der Waals surface area contributed by atoms with Gasteiger partial charge in [0.2, 0.25) is 0 Å². The number of hydrogen-bond acceptors (Lipinski definition) is 2. The molecule has 4 aromatic rings. The number of para-hydroxylation sites is 1. The molecule has 1 atom stereocenters. The van der Waals surface area contributed by atoms with Gasteiger partial charge in [0, 0.05) is 40.6 Å². The number of nitrogens with zero attached hydrogens (tertiary/aromatic N) is 1. The average molecular weight is 465 g/mol. The van der Waals surface area contributed by atoms with Crippen molar-refractivity contribution in [3.63, 3.8) is 0 Å². The smallest absolute Gasteiger partial charge is 0.352 e. The van der Waals surface area contributed by atoms with Crippen molar-refractivity contribution in [2.75, 3.05) is 0 Å². The van der Waals surface area contributed by atoms with Crippen molar-refractivity contribution in [2.45, 2.75) is 38.9 Å². The number of carboxylic acids is 1. The van der Waals surface area contributed by atoms with Crippen molar-refractivity contribution in [1.29, 1.82) is 0 Å². The molecule has 0 aliphatic rings. The average Bonchev–Trinajstić information content (AvgIpc) is 3.12. The van der Waals surface area contributed by atoms with Gasteiger partial charge >= 0.3 is 5.97 Å². The van der Waals surface area contributed by atoms with E-state index in [0.717, 1.165) is 29.3 Å². The quantitative estimate of drug-likeness (QED) is 0.306. The Kier molecular flexibility index (Phi) is 7.11. The molecule has 0 fully saturated rings. The molecule has 2 N–H and O–H groups in total. The summed E-state index contributed by atoms with van der Waals surface area (Å²) in [5, 5.41) is 14.9. The molecule has 1 heterocycles. The molecular weight excluding hydrogens is 439 g/mol. The molecule has 0 saturated heterocycles. The van der Waals surface area contributed by atoms with Crippen LogP contribution in [-0.4, -0.2) is 21.7 Å². The van der Waals surface area contributed by atoms with E-state index in [9.17, 15) is 14.3 Å². The topological polar surface area (TPSA) is 54.3 Å². The highest BCUT2D eigenvalue weighted by Gasteiger charge is 2.23. The molecule has 33 heavy (non-hydrogen) atoms. The highest BCUT2D eigenvalue weighted by molar-refractivity contribution is 6.31. The van der Waals surface area contributed by atoms with Crippen LogP contribution >= 0.6 is 11.6 Å². The van der Waals surface area contributed by atoms with Gasteiger partial charge in [-0.3, -0.25) is 0 Å². The Morgan fingerprint density at radius 2 is 1.82 bits per heavy atom. The van der Waals surface area contributed by atoms with Gasteiger partial charge in [-0.25, -0.2) is 9.18 Å². The summed E-state index contributed by atoms with van der Waals surface area (Å²) in [4.78, 5) is 12.4. The van der Waals surface area contributed by atoms with Gasteiger partial charge in [-0.05, 0) is 42.2 Å². The lowest BCUT2D eigenvalue weighted by atomic mass is 10.0. The Morgan fingerprint density at radius 3 is 2.52 bits per heavy atom. The molecule has 0 unspecified atom stereocenters. The van der Waals surface area contributed by atoms with E-state index in [4.69, 9.17) is 11.6 Å². The van der Waals surface area contributed by atoms with E-state index in [-0.39, 0.29) is 23.3 Å². The van der Waals surface area contributed by atoms with Crippen LogP contribution in [0.5, 0.6) is 0 Å². The fourth-order valence-electron chi connectivity index (χ4n) is 4.29. The van der Waals surface area contributed by atoms with Crippen LogP contribution < -0.4 is 5.32 Å². The highest BCUT2D eigenvalue weighted by atomic mass is 35.5. The van der Waals surface area contributed by atoms with Crippen molar-refractivity contribution < 1.29 is 14.3 Å². The second-order valence-corrected chi connectivity index (χ2v) is 8.55. The van der Waals surface area contributed by atoms with E-state index >= 15 is 0 Å². The van der Waals surface area contributed by atoms with Gasteiger partial charge in [-0.2, -0.15) is 0 Å². The van der Waals surface area contributed by atoms with E-state index in [2.05, 4.69) is 24.4 Å². The molecule has 0 spiro atoms. The minimum absolute atomic E-state index is 0.211. The maximum atomic E-state index is 13.5. The number of carboxylic acid groups (broad SMARTS) is 1. The van der Waals surface area contributed by atoms with Crippen LogP contribution in [0.4, 0.5) is 4.39 Å². The number of benzene rings is 3. The number of halogens is 2. The van der Waals surface area contributed by atoms with E-state index in [1.807, 2.05) is 42.5 Å². The van der Waals surface area contributed by atoms with Crippen LogP contribution in [0.15, 0.2) is 72.8 Å². The molecule has 0 aliphatic carbocycles. The molecule has 0 radical (unpaired) electrons. The van der Waals surface area contributed by atoms with Crippen molar-refractivity contribution in [2.24, 2.45) is 0 Å². The largest absolute Gasteiger partial charge is 0.477 e. The molecule has 1 aromatic heterocycles. The van der Waals surface area contributed by atoms with Gasteiger partial charge in [-0.15, -0.1) is 0 Å². The molecule has 3 aromatic carbocycles. The number of hydrogen-bond donors (Lipinski definition) is 2. The summed E-state index contributed by atoms with van der Waals surface area (Å²) in [6.45, 7) is 2.79. The van der Waals surface area contributed by atoms with Crippen LogP contribution in [0.2, 0.25) is 5.02 Å². The summed E-state index contributed by atoms with van der Waals surface area (Å²) >= 11 is 6.25.